The molecule has 0 aliphatic rings. The monoisotopic (exact) mass is 353 g/mol. The van der Waals surface area contributed by atoms with Crippen LogP contribution in [0, 0.1) is 0 Å². The zero-order chi connectivity index (χ0) is 17.6. The zero-order valence-corrected chi connectivity index (χ0v) is 14.2. The van der Waals surface area contributed by atoms with E-state index in [0.29, 0.717) is 22.2 Å². The molecule has 1 aromatic heterocycles. The van der Waals surface area contributed by atoms with Gasteiger partial charge in [0.15, 0.2) is 0 Å². The van der Waals surface area contributed by atoms with Gasteiger partial charge in [0, 0.05) is 10.7 Å². The SMILES string of the molecule is COc1ccccc1NC(=O)c1ccc(Nc2ccc(Cl)cc2)cn1. The Balaban J connectivity index is 1.69. The Morgan fingerprint density at radius 2 is 1.72 bits per heavy atom. The lowest BCUT2D eigenvalue weighted by atomic mass is 10.2. The molecule has 2 N–H and O–H groups in total. The zero-order valence-electron chi connectivity index (χ0n) is 13.5. The third-order valence-electron chi connectivity index (χ3n) is 3.48. The summed E-state index contributed by atoms with van der Waals surface area (Å²) < 4.78 is 5.22. The van der Waals surface area contributed by atoms with Crippen molar-refractivity contribution in [2.75, 3.05) is 17.7 Å². The van der Waals surface area contributed by atoms with E-state index in [-0.39, 0.29) is 5.91 Å². The molecule has 0 saturated carbocycles. The molecule has 1 amide bonds. The van der Waals surface area contributed by atoms with E-state index in [1.807, 2.05) is 24.3 Å². The van der Waals surface area contributed by atoms with Crippen LogP contribution in [-0.2, 0) is 0 Å². The van der Waals surface area contributed by atoms with Crippen LogP contribution in [0.5, 0.6) is 5.75 Å². The van der Waals surface area contributed by atoms with Crippen LogP contribution < -0.4 is 15.4 Å². The number of hydrogen-bond acceptors (Lipinski definition) is 4. The van der Waals surface area contributed by atoms with Gasteiger partial charge in [0.25, 0.3) is 5.91 Å². The number of benzene rings is 2. The molecule has 0 aliphatic heterocycles. The molecule has 0 spiro atoms. The number of hydrogen-bond donors (Lipinski definition) is 2. The number of halogens is 1. The summed E-state index contributed by atoms with van der Waals surface area (Å²) in [6, 6.07) is 18.0. The van der Waals surface area contributed by atoms with Gasteiger partial charge in [-0.25, -0.2) is 4.98 Å². The largest absolute Gasteiger partial charge is 0.495 e. The Morgan fingerprint density at radius 3 is 2.40 bits per heavy atom. The van der Waals surface area contributed by atoms with E-state index in [9.17, 15) is 4.79 Å². The molecule has 0 fully saturated rings. The number of carbonyl (C=O) groups is 1. The number of carbonyl (C=O) groups excluding carboxylic acids is 1. The Hall–Kier alpha value is -3.05. The van der Waals surface area contributed by atoms with Crippen molar-refractivity contribution in [2.45, 2.75) is 0 Å². The van der Waals surface area contributed by atoms with Crippen molar-refractivity contribution in [1.82, 2.24) is 4.98 Å². The summed E-state index contributed by atoms with van der Waals surface area (Å²) in [5.74, 6) is 0.291. The molecule has 0 atom stereocenters. The van der Waals surface area contributed by atoms with E-state index in [1.54, 1.807) is 49.7 Å². The van der Waals surface area contributed by atoms with E-state index in [4.69, 9.17) is 16.3 Å². The second-order valence-electron chi connectivity index (χ2n) is 5.22. The predicted molar refractivity (Wildman–Crippen MR) is 99.9 cm³/mol. The number of pyridine rings is 1. The lowest BCUT2D eigenvalue weighted by Crippen LogP contribution is -2.14. The van der Waals surface area contributed by atoms with Gasteiger partial charge in [-0.15, -0.1) is 0 Å². The standard InChI is InChI=1S/C19H16ClN3O2/c1-25-18-5-3-2-4-16(18)23-19(24)17-11-10-15(12-21-17)22-14-8-6-13(20)7-9-14/h2-12,22H,1H3,(H,23,24). The molecule has 0 aliphatic carbocycles. The first-order chi connectivity index (χ1) is 12.2. The van der Waals surface area contributed by atoms with E-state index in [2.05, 4.69) is 15.6 Å². The number of aromatic nitrogens is 1. The molecule has 1 heterocycles. The number of nitrogens with one attached hydrogen (secondary N) is 2. The first-order valence-electron chi connectivity index (χ1n) is 7.59. The molecular weight excluding hydrogens is 338 g/mol. The minimum Gasteiger partial charge on any atom is -0.495 e. The van der Waals surface area contributed by atoms with Crippen LogP contribution in [0.25, 0.3) is 0 Å². The molecule has 2 aromatic carbocycles. The molecule has 0 bridgehead atoms. The van der Waals surface area contributed by atoms with Crippen molar-refractivity contribution < 1.29 is 9.53 Å². The summed E-state index contributed by atoms with van der Waals surface area (Å²) in [5.41, 5.74) is 2.57. The number of rotatable bonds is 5. The van der Waals surface area contributed by atoms with Crippen LogP contribution in [0.4, 0.5) is 17.1 Å². The van der Waals surface area contributed by atoms with E-state index in [0.717, 1.165) is 11.4 Å². The first kappa shape index (κ1) is 16.8. The van der Waals surface area contributed by atoms with Gasteiger partial charge in [0.05, 0.1) is 24.7 Å². The minimum absolute atomic E-state index is 0.303. The van der Waals surface area contributed by atoms with Crippen molar-refractivity contribution in [3.05, 3.63) is 77.6 Å². The number of anilines is 3. The lowest BCUT2D eigenvalue weighted by Gasteiger charge is -2.10. The van der Waals surface area contributed by atoms with Crippen molar-refractivity contribution in [2.24, 2.45) is 0 Å². The summed E-state index contributed by atoms with van der Waals surface area (Å²) in [7, 11) is 1.56. The highest BCUT2D eigenvalue weighted by Crippen LogP contribution is 2.24. The van der Waals surface area contributed by atoms with Gasteiger partial charge in [-0.3, -0.25) is 4.79 Å². The maximum absolute atomic E-state index is 12.3. The summed E-state index contributed by atoms with van der Waals surface area (Å²) in [5, 5.41) is 6.66. The molecule has 6 heteroatoms. The number of ether oxygens (including phenoxy) is 1. The Morgan fingerprint density at radius 1 is 1.00 bits per heavy atom. The summed E-state index contributed by atoms with van der Waals surface area (Å²) >= 11 is 5.86. The smallest absolute Gasteiger partial charge is 0.274 e. The number of methoxy groups -OCH3 is 1. The molecule has 126 valence electrons. The topological polar surface area (TPSA) is 63.2 Å². The molecule has 3 rings (SSSR count). The van der Waals surface area contributed by atoms with Gasteiger partial charge in [0.2, 0.25) is 0 Å². The van der Waals surface area contributed by atoms with Crippen LogP contribution in [-0.4, -0.2) is 18.0 Å². The highest BCUT2D eigenvalue weighted by Gasteiger charge is 2.10. The molecule has 5 nitrogen and oxygen atoms in total. The van der Waals surface area contributed by atoms with Crippen molar-refractivity contribution in [3.8, 4) is 5.75 Å². The molecule has 25 heavy (non-hydrogen) atoms. The van der Waals surface area contributed by atoms with Crippen LogP contribution >= 0.6 is 11.6 Å². The quantitative estimate of drug-likeness (QED) is 0.695. The third kappa shape index (κ3) is 4.28. The Bertz CT molecular complexity index is 865. The number of nitrogens with zero attached hydrogens (tertiary/aromatic N) is 1. The molecular formula is C19H16ClN3O2. The van der Waals surface area contributed by atoms with Crippen LogP contribution in [0.1, 0.15) is 10.5 Å². The minimum atomic E-state index is -0.303. The Labute approximate surface area is 150 Å². The van der Waals surface area contributed by atoms with Gasteiger partial charge in [-0.1, -0.05) is 23.7 Å². The fourth-order valence-corrected chi connectivity index (χ4v) is 2.36. The summed E-state index contributed by atoms with van der Waals surface area (Å²) in [6.45, 7) is 0. The Kier molecular flexibility index (Phi) is 5.16. The van der Waals surface area contributed by atoms with Gasteiger partial charge in [0.1, 0.15) is 11.4 Å². The molecule has 0 saturated heterocycles. The van der Waals surface area contributed by atoms with Crippen LogP contribution in [0.15, 0.2) is 66.9 Å². The van der Waals surface area contributed by atoms with Gasteiger partial charge in [-0.2, -0.15) is 0 Å². The number of amides is 1. The normalized spacial score (nSPS) is 10.2. The van der Waals surface area contributed by atoms with Crippen LogP contribution in [0.2, 0.25) is 5.02 Å². The average Bonchev–Trinajstić information content (AvgIpc) is 2.64. The highest BCUT2D eigenvalue weighted by atomic mass is 35.5. The van der Waals surface area contributed by atoms with E-state index < -0.39 is 0 Å². The number of para-hydroxylation sites is 2. The van der Waals surface area contributed by atoms with Crippen molar-refractivity contribution in [1.29, 1.82) is 0 Å². The molecule has 3 aromatic rings. The second-order valence-corrected chi connectivity index (χ2v) is 5.65. The molecule has 0 unspecified atom stereocenters. The first-order valence-corrected chi connectivity index (χ1v) is 7.96. The maximum Gasteiger partial charge on any atom is 0.274 e. The van der Waals surface area contributed by atoms with Gasteiger partial charge in [-0.05, 0) is 48.5 Å². The van der Waals surface area contributed by atoms with E-state index in [1.165, 1.54) is 0 Å². The third-order valence-corrected chi connectivity index (χ3v) is 3.74. The highest BCUT2D eigenvalue weighted by molar-refractivity contribution is 6.30. The summed E-state index contributed by atoms with van der Waals surface area (Å²) in [4.78, 5) is 16.5. The van der Waals surface area contributed by atoms with Crippen molar-refractivity contribution >= 4 is 34.6 Å². The van der Waals surface area contributed by atoms with E-state index >= 15 is 0 Å². The fourth-order valence-electron chi connectivity index (χ4n) is 2.24. The average molecular weight is 354 g/mol. The maximum atomic E-state index is 12.3. The fraction of sp³-hybridized carbons (Fsp3) is 0.0526. The lowest BCUT2D eigenvalue weighted by molar-refractivity contribution is 0.102. The second kappa shape index (κ2) is 7.68. The predicted octanol–water partition coefficient (Wildman–Crippen LogP) is 4.74. The van der Waals surface area contributed by atoms with Crippen LogP contribution in [0.3, 0.4) is 0 Å². The summed E-state index contributed by atoms with van der Waals surface area (Å²) in [6.07, 6.45) is 1.60. The molecule has 0 radical (unpaired) electrons. The van der Waals surface area contributed by atoms with Gasteiger partial charge >= 0.3 is 0 Å². The van der Waals surface area contributed by atoms with Gasteiger partial charge < -0.3 is 15.4 Å². The van der Waals surface area contributed by atoms with Crippen molar-refractivity contribution in [3.63, 3.8) is 0 Å².